The highest BCUT2D eigenvalue weighted by Crippen LogP contribution is 2.31. The summed E-state index contributed by atoms with van der Waals surface area (Å²) in [6.07, 6.45) is 0. The second kappa shape index (κ2) is 8.74. The average molecular weight is 363 g/mol. The minimum Gasteiger partial charge on any atom is -0.493 e. The summed E-state index contributed by atoms with van der Waals surface area (Å²) >= 11 is 5.95. The largest absolute Gasteiger partial charge is 0.493 e. The average Bonchev–Trinajstić information content (AvgIpc) is 2.61. The molecule has 0 fully saturated rings. The predicted octanol–water partition coefficient (Wildman–Crippen LogP) is 3.39. The summed E-state index contributed by atoms with van der Waals surface area (Å²) in [6, 6.07) is 12.6. The van der Waals surface area contributed by atoms with E-state index >= 15 is 0 Å². The monoisotopic (exact) mass is 362 g/mol. The Morgan fingerprint density at radius 1 is 1.12 bits per heavy atom. The molecule has 0 saturated heterocycles. The third-order valence-corrected chi connectivity index (χ3v) is 4.19. The summed E-state index contributed by atoms with van der Waals surface area (Å²) in [5.41, 5.74) is 1.56. The van der Waals surface area contributed by atoms with Gasteiger partial charge in [0.15, 0.2) is 11.5 Å². The Kier molecular flexibility index (Phi) is 6.67. The molecule has 0 saturated carbocycles. The van der Waals surface area contributed by atoms with Crippen LogP contribution in [-0.4, -0.2) is 45.7 Å². The minimum absolute atomic E-state index is 0.0112. The Bertz CT molecular complexity index is 734. The molecule has 5 nitrogen and oxygen atoms in total. The lowest BCUT2D eigenvalue weighted by atomic mass is 10.0. The van der Waals surface area contributed by atoms with Gasteiger partial charge in [-0.2, -0.15) is 0 Å². The maximum absolute atomic E-state index is 12.3. The molecule has 0 heterocycles. The molecule has 2 aromatic carbocycles. The molecule has 6 heteroatoms. The highest BCUT2D eigenvalue weighted by atomic mass is 35.5. The highest BCUT2D eigenvalue weighted by molar-refractivity contribution is 6.30. The van der Waals surface area contributed by atoms with Gasteiger partial charge in [-0.1, -0.05) is 23.7 Å². The number of nitrogens with one attached hydrogen (secondary N) is 1. The topological polar surface area (TPSA) is 50.8 Å². The third kappa shape index (κ3) is 4.87. The highest BCUT2D eigenvalue weighted by Gasteiger charge is 2.18. The fourth-order valence-electron chi connectivity index (χ4n) is 2.58. The summed E-state index contributed by atoms with van der Waals surface area (Å²) in [5.74, 6) is 1.18. The fourth-order valence-corrected chi connectivity index (χ4v) is 2.77. The van der Waals surface area contributed by atoms with Gasteiger partial charge in [0.25, 0.3) is 5.91 Å². The number of rotatable bonds is 7. The molecule has 2 aromatic rings. The minimum atomic E-state index is -0.158. The van der Waals surface area contributed by atoms with E-state index in [4.69, 9.17) is 21.1 Å². The lowest BCUT2D eigenvalue weighted by Gasteiger charge is -2.26. The quantitative estimate of drug-likeness (QED) is 0.820. The van der Waals surface area contributed by atoms with Crippen molar-refractivity contribution >= 4 is 17.5 Å². The number of methoxy groups -OCH3 is 2. The van der Waals surface area contributed by atoms with Crippen molar-refractivity contribution in [2.24, 2.45) is 0 Å². The van der Waals surface area contributed by atoms with Crippen LogP contribution in [0.25, 0.3) is 0 Å². The van der Waals surface area contributed by atoms with Crippen molar-refractivity contribution in [2.75, 3.05) is 34.9 Å². The summed E-state index contributed by atoms with van der Waals surface area (Å²) in [7, 11) is 7.14. The van der Waals surface area contributed by atoms with Gasteiger partial charge in [-0.15, -0.1) is 0 Å². The Morgan fingerprint density at radius 2 is 1.84 bits per heavy atom. The molecular formula is C19H23ClN2O3. The van der Waals surface area contributed by atoms with E-state index in [0.717, 1.165) is 5.56 Å². The molecule has 1 unspecified atom stereocenters. The van der Waals surface area contributed by atoms with Crippen LogP contribution in [0, 0.1) is 0 Å². The number of ether oxygens (including phenoxy) is 2. The molecule has 0 aliphatic rings. The van der Waals surface area contributed by atoms with Crippen molar-refractivity contribution in [3.05, 3.63) is 58.6 Å². The molecule has 0 aliphatic heterocycles. The van der Waals surface area contributed by atoms with Gasteiger partial charge in [0.2, 0.25) is 0 Å². The first-order chi connectivity index (χ1) is 12.0. The Labute approximate surface area is 153 Å². The Hall–Kier alpha value is -2.24. The Morgan fingerprint density at radius 3 is 2.44 bits per heavy atom. The zero-order valence-electron chi connectivity index (χ0n) is 14.9. The van der Waals surface area contributed by atoms with Crippen LogP contribution < -0.4 is 14.8 Å². The van der Waals surface area contributed by atoms with E-state index in [1.165, 1.54) is 0 Å². The van der Waals surface area contributed by atoms with Gasteiger partial charge < -0.3 is 19.7 Å². The Balaban J connectivity index is 2.15. The van der Waals surface area contributed by atoms with Crippen LogP contribution in [0.5, 0.6) is 11.5 Å². The maximum Gasteiger partial charge on any atom is 0.251 e. The second-order valence-electron chi connectivity index (χ2n) is 5.81. The normalized spacial score (nSPS) is 11.9. The molecule has 1 amide bonds. The number of carbonyl (C=O) groups excluding carboxylic acids is 1. The van der Waals surface area contributed by atoms with Crippen LogP contribution in [-0.2, 0) is 0 Å². The zero-order valence-corrected chi connectivity index (χ0v) is 15.6. The first-order valence-corrected chi connectivity index (χ1v) is 8.26. The van der Waals surface area contributed by atoms with E-state index in [0.29, 0.717) is 28.6 Å². The van der Waals surface area contributed by atoms with E-state index in [1.807, 2.05) is 37.2 Å². The summed E-state index contributed by atoms with van der Waals surface area (Å²) in [5, 5.41) is 3.50. The molecule has 1 atom stereocenters. The summed E-state index contributed by atoms with van der Waals surface area (Å²) in [6.45, 7) is 0.452. The molecule has 2 rings (SSSR count). The number of hydrogen-bond acceptors (Lipinski definition) is 4. The smallest absolute Gasteiger partial charge is 0.251 e. The van der Waals surface area contributed by atoms with Crippen molar-refractivity contribution < 1.29 is 14.3 Å². The maximum atomic E-state index is 12.3. The van der Waals surface area contributed by atoms with Gasteiger partial charge >= 0.3 is 0 Å². The molecule has 1 N–H and O–H groups in total. The standard InChI is InChI=1S/C19H23ClN2O3/c1-22(2)16(13-8-9-17(24-3)18(11-13)25-4)12-21-19(23)14-6-5-7-15(20)10-14/h5-11,16H,12H2,1-4H3,(H,21,23). The SMILES string of the molecule is COc1ccc(C(CNC(=O)c2cccc(Cl)c2)N(C)C)cc1OC. The zero-order chi connectivity index (χ0) is 18.4. The third-order valence-electron chi connectivity index (χ3n) is 3.96. The van der Waals surface area contributed by atoms with Gasteiger partial charge in [0, 0.05) is 17.1 Å². The number of hydrogen-bond donors (Lipinski definition) is 1. The number of carbonyl (C=O) groups is 1. The van der Waals surface area contributed by atoms with Crippen LogP contribution in [0.4, 0.5) is 0 Å². The van der Waals surface area contributed by atoms with Crippen molar-refractivity contribution in [3.63, 3.8) is 0 Å². The van der Waals surface area contributed by atoms with E-state index in [-0.39, 0.29) is 11.9 Å². The lowest BCUT2D eigenvalue weighted by Crippen LogP contribution is -2.34. The number of halogens is 1. The first-order valence-electron chi connectivity index (χ1n) is 7.88. The second-order valence-corrected chi connectivity index (χ2v) is 6.25. The van der Waals surface area contributed by atoms with Gasteiger partial charge in [-0.3, -0.25) is 4.79 Å². The van der Waals surface area contributed by atoms with E-state index in [9.17, 15) is 4.79 Å². The lowest BCUT2D eigenvalue weighted by molar-refractivity contribution is 0.0942. The van der Waals surface area contributed by atoms with Crippen molar-refractivity contribution in [1.29, 1.82) is 0 Å². The van der Waals surface area contributed by atoms with Gasteiger partial charge in [0.05, 0.1) is 20.3 Å². The molecule has 0 bridgehead atoms. The molecule has 134 valence electrons. The molecule has 25 heavy (non-hydrogen) atoms. The predicted molar refractivity (Wildman–Crippen MR) is 99.8 cm³/mol. The van der Waals surface area contributed by atoms with E-state index in [1.54, 1.807) is 38.5 Å². The van der Waals surface area contributed by atoms with Gasteiger partial charge in [0.1, 0.15) is 0 Å². The van der Waals surface area contributed by atoms with E-state index in [2.05, 4.69) is 5.32 Å². The summed E-state index contributed by atoms with van der Waals surface area (Å²) in [4.78, 5) is 14.4. The van der Waals surface area contributed by atoms with Crippen LogP contribution in [0.3, 0.4) is 0 Å². The first kappa shape index (κ1) is 19.1. The van der Waals surface area contributed by atoms with Crippen molar-refractivity contribution in [1.82, 2.24) is 10.2 Å². The van der Waals surface area contributed by atoms with Gasteiger partial charge in [-0.05, 0) is 50.0 Å². The van der Waals surface area contributed by atoms with Crippen molar-refractivity contribution in [3.8, 4) is 11.5 Å². The molecule has 0 spiro atoms. The van der Waals surface area contributed by atoms with Gasteiger partial charge in [-0.25, -0.2) is 0 Å². The summed E-state index contributed by atoms with van der Waals surface area (Å²) < 4.78 is 10.6. The molecule has 0 aliphatic carbocycles. The fraction of sp³-hybridized carbons (Fsp3) is 0.316. The number of benzene rings is 2. The number of nitrogens with zero attached hydrogens (tertiary/aromatic N) is 1. The van der Waals surface area contributed by atoms with E-state index < -0.39 is 0 Å². The van der Waals surface area contributed by atoms with Crippen LogP contribution in [0.2, 0.25) is 5.02 Å². The molecular weight excluding hydrogens is 340 g/mol. The van der Waals surface area contributed by atoms with Crippen LogP contribution >= 0.6 is 11.6 Å². The van der Waals surface area contributed by atoms with Crippen LogP contribution in [0.1, 0.15) is 22.0 Å². The number of likely N-dealkylation sites (N-methyl/N-ethyl adjacent to an activating group) is 1. The number of amides is 1. The van der Waals surface area contributed by atoms with Crippen molar-refractivity contribution in [2.45, 2.75) is 6.04 Å². The molecule has 0 aromatic heterocycles. The molecule has 0 radical (unpaired) electrons. The van der Waals surface area contributed by atoms with Crippen LogP contribution in [0.15, 0.2) is 42.5 Å².